The number of aromatic nitrogens is 1. The van der Waals surface area contributed by atoms with Gasteiger partial charge in [-0.2, -0.15) is 5.10 Å². The predicted molar refractivity (Wildman–Crippen MR) is 91.3 cm³/mol. The van der Waals surface area contributed by atoms with E-state index >= 15 is 0 Å². The fourth-order valence-electron chi connectivity index (χ4n) is 2.30. The average molecular weight is 320 g/mol. The first kappa shape index (κ1) is 15.5. The minimum atomic E-state index is -1.23. The molecule has 3 aromatic rings. The highest BCUT2D eigenvalue weighted by Gasteiger charge is 2.01. The number of aromatic amines is 1. The standard InChI is InChI=1S/C18H15N3O3/c1-11-2-7-16-13(8-11)9-14(17(22)20-16)10-19-21-15-5-3-12(4-6-15)18(23)24/h2-10,21H,1H3,(H,20,22)(H,23,24)/p-1/b19-10+. The lowest BCUT2D eigenvalue weighted by Gasteiger charge is -2.04. The van der Waals surface area contributed by atoms with E-state index in [1.54, 1.807) is 18.2 Å². The number of aryl methyl sites for hydroxylation is 1. The fourth-order valence-corrected chi connectivity index (χ4v) is 2.30. The Balaban J connectivity index is 1.81. The van der Waals surface area contributed by atoms with Crippen LogP contribution < -0.4 is 16.1 Å². The van der Waals surface area contributed by atoms with Gasteiger partial charge in [-0.25, -0.2) is 0 Å². The Labute approximate surface area is 137 Å². The van der Waals surface area contributed by atoms with E-state index in [0.29, 0.717) is 11.3 Å². The minimum absolute atomic E-state index is 0.0888. The van der Waals surface area contributed by atoms with Crippen molar-refractivity contribution < 1.29 is 9.90 Å². The van der Waals surface area contributed by atoms with Gasteiger partial charge in [-0.1, -0.05) is 23.8 Å². The van der Waals surface area contributed by atoms with Gasteiger partial charge in [-0.3, -0.25) is 10.2 Å². The smallest absolute Gasteiger partial charge is 0.257 e. The van der Waals surface area contributed by atoms with Crippen molar-refractivity contribution in [2.75, 3.05) is 5.43 Å². The van der Waals surface area contributed by atoms with Gasteiger partial charge in [0, 0.05) is 5.52 Å². The molecule has 0 bridgehead atoms. The van der Waals surface area contributed by atoms with Gasteiger partial charge in [0.2, 0.25) is 0 Å². The maximum atomic E-state index is 12.0. The largest absolute Gasteiger partial charge is 0.545 e. The van der Waals surface area contributed by atoms with Gasteiger partial charge in [0.25, 0.3) is 5.56 Å². The number of pyridine rings is 1. The molecule has 0 atom stereocenters. The maximum absolute atomic E-state index is 12.0. The Morgan fingerprint density at radius 3 is 2.62 bits per heavy atom. The zero-order valence-electron chi connectivity index (χ0n) is 12.9. The van der Waals surface area contributed by atoms with Gasteiger partial charge in [0.15, 0.2) is 0 Å². The second-order valence-corrected chi connectivity index (χ2v) is 5.38. The summed E-state index contributed by atoms with van der Waals surface area (Å²) >= 11 is 0. The SMILES string of the molecule is Cc1ccc2[nH]c(=O)c(/C=N/Nc3ccc(C(=O)[O-])cc3)cc2c1. The first-order valence-electron chi connectivity index (χ1n) is 7.27. The van der Waals surface area contributed by atoms with Crippen molar-refractivity contribution in [1.82, 2.24) is 4.98 Å². The van der Waals surface area contributed by atoms with E-state index in [1.165, 1.54) is 18.3 Å². The van der Waals surface area contributed by atoms with Gasteiger partial charge in [0.05, 0.1) is 23.4 Å². The highest BCUT2D eigenvalue weighted by atomic mass is 16.4. The number of hydrogen-bond acceptors (Lipinski definition) is 5. The summed E-state index contributed by atoms with van der Waals surface area (Å²) in [5.74, 6) is -1.23. The third-order valence-corrected chi connectivity index (χ3v) is 3.55. The number of carboxylic acids is 1. The van der Waals surface area contributed by atoms with Crippen molar-refractivity contribution in [2.24, 2.45) is 5.10 Å². The molecule has 0 saturated carbocycles. The second kappa shape index (κ2) is 6.37. The molecule has 0 radical (unpaired) electrons. The number of hydrogen-bond donors (Lipinski definition) is 2. The summed E-state index contributed by atoms with van der Waals surface area (Å²) < 4.78 is 0. The molecule has 1 aromatic heterocycles. The summed E-state index contributed by atoms with van der Waals surface area (Å²) in [6.07, 6.45) is 1.42. The van der Waals surface area contributed by atoms with Crippen LogP contribution in [0.5, 0.6) is 0 Å². The number of aromatic carboxylic acids is 1. The number of rotatable bonds is 4. The van der Waals surface area contributed by atoms with Crippen LogP contribution in [-0.2, 0) is 0 Å². The second-order valence-electron chi connectivity index (χ2n) is 5.38. The van der Waals surface area contributed by atoms with E-state index in [9.17, 15) is 14.7 Å². The molecule has 0 unspecified atom stereocenters. The molecule has 24 heavy (non-hydrogen) atoms. The molecule has 0 saturated heterocycles. The molecule has 120 valence electrons. The van der Waals surface area contributed by atoms with Crippen molar-refractivity contribution in [1.29, 1.82) is 0 Å². The number of carbonyl (C=O) groups is 1. The Hall–Kier alpha value is -3.41. The number of H-pyrrole nitrogens is 1. The molecule has 0 fully saturated rings. The lowest BCUT2D eigenvalue weighted by Crippen LogP contribution is -2.21. The van der Waals surface area contributed by atoms with E-state index in [2.05, 4.69) is 15.5 Å². The van der Waals surface area contributed by atoms with Crippen LogP contribution in [0.3, 0.4) is 0 Å². The number of hydrazone groups is 1. The van der Waals surface area contributed by atoms with Crippen molar-refractivity contribution in [2.45, 2.75) is 6.92 Å². The molecular weight excluding hydrogens is 306 g/mol. The van der Waals surface area contributed by atoms with Crippen LogP contribution in [0, 0.1) is 6.92 Å². The zero-order chi connectivity index (χ0) is 17.1. The number of fused-ring (bicyclic) bond motifs is 1. The summed E-state index contributed by atoms with van der Waals surface area (Å²) in [4.78, 5) is 25.5. The van der Waals surface area contributed by atoms with E-state index in [1.807, 2.05) is 25.1 Å². The first-order chi connectivity index (χ1) is 11.5. The average Bonchev–Trinajstić information content (AvgIpc) is 2.56. The topological polar surface area (TPSA) is 97.4 Å². The van der Waals surface area contributed by atoms with E-state index in [0.717, 1.165) is 16.5 Å². The van der Waals surface area contributed by atoms with E-state index in [4.69, 9.17) is 0 Å². The number of nitrogens with zero attached hydrogens (tertiary/aromatic N) is 1. The summed E-state index contributed by atoms with van der Waals surface area (Å²) in [6, 6.07) is 13.5. The molecule has 3 rings (SSSR count). The van der Waals surface area contributed by atoms with E-state index < -0.39 is 5.97 Å². The summed E-state index contributed by atoms with van der Waals surface area (Å²) in [7, 11) is 0. The molecule has 0 aliphatic heterocycles. The number of anilines is 1. The number of nitrogens with one attached hydrogen (secondary N) is 2. The van der Waals surface area contributed by atoms with Crippen molar-refractivity contribution in [3.8, 4) is 0 Å². The normalized spacial score (nSPS) is 11.0. The molecular formula is C18H14N3O3-. The third-order valence-electron chi connectivity index (χ3n) is 3.55. The van der Waals surface area contributed by atoms with Crippen LogP contribution in [-0.4, -0.2) is 17.2 Å². The molecule has 2 aromatic carbocycles. The molecule has 6 heteroatoms. The third kappa shape index (κ3) is 3.33. The van der Waals surface area contributed by atoms with Gasteiger partial charge < -0.3 is 14.9 Å². The fraction of sp³-hybridized carbons (Fsp3) is 0.0556. The molecule has 0 amide bonds. The van der Waals surface area contributed by atoms with Crippen LogP contribution in [0.25, 0.3) is 10.9 Å². The number of carboxylic acid groups (broad SMARTS) is 1. The zero-order valence-corrected chi connectivity index (χ0v) is 12.9. The van der Waals surface area contributed by atoms with Crippen molar-refractivity contribution in [3.63, 3.8) is 0 Å². The van der Waals surface area contributed by atoms with Gasteiger partial charge in [-0.05, 0) is 48.2 Å². The van der Waals surface area contributed by atoms with Crippen LogP contribution in [0.1, 0.15) is 21.5 Å². The lowest BCUT2D eigenvalue weighted by atomic mass is 10.1. The lowest BCUT2D eigenvalue weighted by molar-refractivity contribution is -0.255. The summed E-state index contributed by atoms with van der Waals surface area (Å²) in [6.45, 7) is 1.98. The van der Waals surface area contributed by atoms with Gasteiger partial charge >= 0.3 is 0 Å². The van der Waals surface area contributed by atoms with Crippen LogP contribution in [0.4, 0.5) is 5.69 Å². The van der Waals surface area contributed by atoms with Crippen LogP contribution in [0.15, 0.2) is 58.4 Å². The van der Waals surface area contributed by atoms with Gasteiger partial charge in [0.1, 0.15) is 0 Å². The molecule has 1 heterocycles. The number of carbonyl (C=O) groups excluding carboxylic acids is 1. The minimum Gasteiger partial charge on any atom is -0.545 e. The Bertz CT molecular complexity index is 989. The van der Waals surface area contributed by atoms with Crippen LogP contribution in [0.2, 0.25) is 0 Å². The molecule has 6 nitrogen and oxygen atoms in total. The highest BCUT2D eigenvalue weighted by Crippen LogP contribution is 2.13. The highest BCUT2D eigenvalue weighted by molar-refractivity contribution is 5.88. The monoisotopic (exact) mass is 320 g/mol. The summed E-state index contributed by atoms with van der Waals surface area (Å²) in [5.41, 5.74) is 5.50. The predicted octanol–water partition coefficient (Wildman–Crippen LogP) is 1.65. The molecule has 0 aliphatic rings. The van der Waals surface area contributed by atoms with E-state index in [-0.39, 0.29) is 11.1 Å². The van der Waals surface area contributed by atoms with Crippen molar-refractivity contribution in [3.05, 3.63) is 75.6 Å². The van der Waals surface area contributed by atoms with Crippen molar-refractivity contribution >= 4 is 28.8 Å². The first-order valence-corrected chi connectivity index (χ1v) is 7.27. The molecule has 2 N–H and O–H groups in total. The Morgan fingerprint density at radius 2 is 1.92 bits per heavy atom. The maximum Gasteiger partial charge on any atom is 0.257 e. The van der Waals surface area contributed by atoms with Crippen LogP contribution >= 0.6 is 0 Å². The molecule has 0 spiro atoms. The quantitative estimate of drug-likeness (QED) is 0.564. The molecule has 0 aliphatic carbocycles. The summed E-state index contributed by atoms with van der Waals surface area (Å²) in [5, 5.41) is 15.6. The van der Waals surface area contributed by atoms with Gasteiger partial charge in [-0.15, -0.1) is 0 Å². The Kier molecular flexibility index (Phi) is 4.11. The number of benzene rings is 2. The Morgan fingerprint density at radius 1 is 1.17 bits per heavy atom.